The summed E-state index contributed by atoms with van der Waals surface area (Å²) in [6.07, 6.45) is 3.78. The Hall–Kier alpha value is -2.10. The Kier molecular flexibility index (Phi) is 4.07. The van der Waals surface area contributed by atoms with Crippen molar-refractivity contribution in [3.05, 3.63) is 70.9 Å². The molecule has 2 heterocycles. The molecule has 26 heavy (non-hydrogen) atoms. The first-order valence-corrected chi connectivity index (χ1v) is 9.76. The Bertz CT molecular complexity index is 928. The van der Waals surface area contributed by atoms with E-state index in [1.165, 1.54) is 41.3 Å². The SMILES string of the molecule is COCc1ccc2c(c1)c1c3n2CCN(Cc2ccccc2)[C@H]3CCC1. The van der Waals surface area contributed by atoms with E-state index in [1.54, 1.807) is 18.4 Å². The number of ether oxygens (including phenoxy) is 1. The molecule has 0 unspecified atom stereocenters. The van der Waals surface area contributed by atoms with Gasteiger partial charge in [0.05, 0.1) is 12.6 Å². The molecule has 0 saturated heterocycles. The predicted molar refractivity (Wildman–Crippen MR) is 105 cm³/mol. The fourth-order valence-corrected chi connectivity index (χ4v) is 4.99. The van der Waals surface area contributed by atoms with Gasteiger partial charge >= 0.3 is 0 Å². The van der Waals surface area contributed by atoms with E-state index in [9.17, 15) is 0 Å². The second-order valence-corrected chi connectivity index (χ2v) is 7.66. The van der Waals surface area contributed by atoms with Crippen LogP contribution in [-0.4, -0.2) is 23.1 Å². The van der Waals surface area contributed by atoms with Gasteiger partial charge < -0.3 is 9.30 Å². The van der Waals surface area contributed by atoms with Crippen LogP contribution in [0.5, 0.6) is 0 Å². The molecular weight excluding hydrogens is 320 g/mol. The summed E-state index contributed by atoms with van der Waals surface area (Å²) >= 11 is 0. The highest BCUT2D eigenvalue weighted by Gasteiger charge is 2.34. The monoisotopic (exact) mass is 346 g/mol. The lowest BCUT2D eigenvalue weighted by molar-refractivity contribution is 0.133. The van der Waals surface area contributed by atoms with Gasteiger partial charge in [0.2, 0.25) is 0 Å². The Morgan fingerprint density at radius 2 is 1.92 bits per heavy atom. The van der Waals surface area contributed by atoms with Crippen LogP contribution in [0.2, 0.25) is 0 Å². The van der Waals surface area contributed by atoms with Gasteiger partial charge in [0.1, 0.15) is 0 Å². The van der Waals surface area contributed by atoms with Crippen LogP contribution in [0.25, 0.3) is 10.9 Å². The van der Waals surface area contributed by atoms with Gasteiger partial charge in [0, 0.05) is 43.3 Å². The fourth-order valence-electron chi connectivity index (χ4n) is 4.99. The number of fused-ring (bicyclic) bond motifs is 3. The number of aryl methyl sites for hydroxylation is 1. The number of rotatable bonds is 4. The molecule has 2 aromatic carbocycles. The zero-order valence-corrected chi connectivity index (χ0v) is 15.4. The Morgan fingerprint density at radius 1 is 1.04 bits per heavy atom. The molecule has 0 radical (unpaired) electrons. The summed E-state index contributed by atoms with van der Waals surface area (Å²) in [5.41, 5.74) is 7.30. The highest BCUT2D eigenvalue weighted by atomic mass is 16.5. The summed E-state index contributed by atoms with van der Waals surface area (Å²) < 4.78 is 7.96. The number of hydrogen-bond donors (Lipinski definition) is 0. The van der Waals surface area contributed by atoms with Gasteiger partial charge in [-0.1, -0.05) is 36.4 Å². The minimum absolute atomic E-state index is 0.561. The maximum absolute atomic E-state index is 5.36. The van der Waals surface area contributed by atoms with E-state index in [0.29, 0.717) is 12.6 Å². The Morgan fingerprint density at radius 3 is 2.77 bits per heavy atom. The number of nitrogens with zero attached hydrogens (tertiary/aromatic N) is 2. The smallest absolute Gasteiger partial charge is 0.0713 e. The van der Waals surface area contributed by atoms with Crippen molar-refractivity contribution in [2.75, 3.05) is 13.7 Å². The van der Waals surface area contributed by atoms with Crippen molar-refractivity contribution in [1.82, 2.24) is 9.47 Å². The average molecular weight is 346 g/mol. The normalized spacial score (nSPS) is 19.7. The summed E-state index contributed by atoms with van der Waals surface area (Å²) in [7, 11) is 1.77. The van der Waals surface area contributed by atoms with Crippen LogP contribution >= 0.6 is 0 Å². The van der Waals surface area contributed by atoms with Crippen molar-refractivity contribution in [1.29, 1.82) is 0 Å². The first kappa shape index (κ1) is 16.1. The summed E-state index contributed by atoms with van der Waals surface area (Å²) in [5, 5.41) is 1.46. The molecule has 0 amide bonds. The van der Waals surface area contributed by atoms with Gasteiger partial charge in [-0.3, -0.25) is 4.90 Å². The minimum Gasteiger partial charge on any atom is -0.380 e. The van der Waals surface area contributed by atoms with Gasteiger partial charge in [-0.25, -0.2) is 0 Å². The molecule has 3 nitrogen and oxygen atoms in total. The topological polar surface area (TPSA) is 17.4 Å². The molecule has 0 N–H and O–H groups in total. The largest absolute Gasteiger partial charge is 0.380 e. The molecule has 0 bridgehead atoms. The lowest BCUT2D eigenvalue weighted by atomic mass is 9.89. The van der Waals surface area contributed by atoms with E-state index < -0.39 is 0 Å². The number of hydrogen-bond acceptors (Lipinski definition) is 2. The third kappa shape index (κ3) is 2.58. The average Bonchev–Trinajstić information content (AvgIpc) is 3.00. The third-order valence-corrected chi connectivity index (χ3v) is 6.09. The highest BCUT2D eigenvalue weighted by Crippen LogP contribution is 2.43. The van der Waals surface area contributed by atoms with E-state index in [1.807, 2.05) is 0 Å². The maximum Gasteiger partial charge on any atom is 0.0713 e. The van der Waals surface area contributed by atoms with Crippen molar-refractivity contribution in [3.63, 3.8) is 0 Å². The summed E-state index contributed by atoms with van der Waals surface area (Å²) in [6, 6.07) is 18.4. The van der Waals surface area contributed by atoms with Crippen molar-refractivity contribution in [3.8, 4) is 0 Å². The molecular formula is C23H26N2O. The van der Waals surface area contributed by atoms with Crippen molar-refractivity contribution in [2.24, 2.45) is 0 Å². The first-order valence-electron chi connectivity index (χ1n) is 9.76. The van der Waals surface area contributed by atoms with Crippen LogP contribution in [0, 0.1) is 0 Å². The Labute approximate surface area is 155 Å². The molecule has 3 heteroatoms. The fraction of sp³-hybridized carbons (Fsp3) is 0.391. The molecule has 0 fully saturated rings. The van der Waals surface area contributed by atoms with Crippen molar-refractivity contribution in [2.45, 2.75) is 45.0 Å². The second kappa shape index (κ2) is 6.57. The van der Waals surface area contributed by atoms with Crippen LogP contribution in [0.3, 0.4) is 0 Å². The predicted octanol–water partition coefficient (Wildman–Crippen LogP) is 4.68. The molecule has 1 aromatic heterocycles. The zero-order valence-electron chi connectivity index (χ0n) is 15.4. The third-order valence-electron chi connectivity index (χ3n) is 6.09. The van der Waals surface area contributed by atoms with Crippen LogP contribution in [0.1, 0.15) is 41.3 Å². The number of aromatic nitrogens is 1. The summed E-state index contributed by atoms with van der Waals surface area (Å²) in [5.74, 6) is 0. The van der Waals surface area contributed by atoms with Gasteiger partial charge in [0.15, 0.2) is 0 Å². The van der Waals surface area contributed by atoms with E-state index in [4.69, 9.17) is 4.74 Å². The van der Waals surface area contributed by atoms with Gasteiger partial charge in [-0.15, -0.1) is 0 Å². The van der Waals surface area contributed by atoms with E-state index >= 15 is 0 Å². The summed E-state index contributed by atoms with van der Waals surface area (Å²) in [6.45, 7) is 3.98. The quantitative estimate of drug-likeness (QED) is 0.682. The zero-order chi connectivity index (χ0) is 17.5. The molecule has 5 rings (SSSR count). The Balaban J connectivity index is 1.56. The molecule has 1 aliphatic carbocycles. The van der Waals surface area contributed by atoms with Gasteiger partial charge in [-0.05, 0) is 48.1 Å². The van der Waals surface area contributed by atoms with Crippen LogP contribution in [-0.2, 0) is 30.9 Å². The molecule has 1 aliphatic heterocycles. The summed E-state index contributed by atoms with van der Waals surface area (Å²) in [4.78, 5) is 2.70. The number of methoxy groups -OCH3 is 1. The van der Waals surface area contributed by atoms with Gasteiger partial charge in [0.25, 0.3) is 0 Å². The van der Waals surface area contributed by atoms with Crippen LogP contribution < -0.4 is 0 Å². The highest BCUT2D eigenvalue weighted by molar-refractivity contribution is 5.87. The van der Waals surface area contributed by atoms with Gasteiger partial charge in [-0.2, -0.15) is 0 Å². The molecule has 3 aromatic rings. The van der Waals surface area contributed by atoms with Crippen molar-refractivity contribution >= 4 is 10.9 Å². The minimum atomic E-state index is 0.561. The standard InChI is InChI=1S/C23H26N2O/c1-26-16-18-10-11-21-20(14-18)19-8-5-9-22-23(19)25(21)13-12-24(22)15-17-6-3-2-4-7-17/h2-4,6-7,10-11,14,22H,5,8-9,12-13,15-16H2,1H3/t22-/m0/s1. The van der Waals surface area contributed by atoms with E-state index in [-0.39, 0.29) is 0 Å². The molecule has 1 atom stereocenters. The van der Waals surface area contributed by atoms with E-state index in [0.717, 1.165) is 19.6 Å². The number of benzene rings is 2. The molecule has 134 valence electrons. The maximum atomic E-state index is 5.36. The van der Waals surface area contributed by atoms with Crippen molar-refractivity contribution < 1.29 is 4.74 Å². The lowest BCUT2D eigenvalue weighted by Crippen LogP contribution is -2.39. The van der Waals surface area contributed by atoms with Crippen LogP contribution in [0.4, 0.5) is 0 Å². The second-order valence-electron chi connectivity index (χ2n) is 7.66. The van der Waals surface area contributed by atoms with E-state index in [2.05, 4.69) is 58.0 Å². The lowest BCUT2D eigenvalue weighted by Gasteiger charge is -2.40. The molecule has 2 aliphatic rings. The molecule has 0 saturated carbocycles. The molecule has 0 spiro atoms. The first-order chi connectivity index (χ1) is 12.8. The van der Waals surface area contributed by atoms with Crippen LogP contribution in [0.15, 0.2) is 48.5 Å².